The van der Waals surface area contributed by atoms with Gasteiger partial charge in [0.2, 0.25) is 5.91 Å². The van der Waals surface area contributed by atoms with Gasteiger partial charge in [0.15, 0.2) is 0 Å². The molecule has 5 heteroatoms. The molecule has 0 aliphatic carbocycles. The molecule has 4 rings (SSSR count). The monoisotopic (exact) mass is 436 g/mol. The summed E-state index contributed by atoms with van der Waals surface area (Å²) in [4.78, 5) is 17.5. The molecule has 2 saturated heterocycles. The average Bonchev–Trinajstić information content (AvgIpc) is 2.83. The van der Waals surface area contributed by atoms with E-state index < -0.39 is 11.5 Å². The molecule has 0 spiro atoms. The number of amides is 1. The van der Waals surface area contributed by atoms with Crippen LogP contribution in [0, 0.1) is 11.3 Å². The van der Waals surface area contributed by atoms with Crippen LogP contribution in [0.15, 0.2) is 60.7 Å². The third kappa shape index (κ3) is 5.58. The van der Waals surface area contributed by atoms with Gasteiger partial charge in [-0.3, -0.25) is 9.69 Å². The topological polar surface area (TPSA) is 64.0 Å². The van der Waals surface area contributed by atoms with E-state index in [4.69, 9.17) is 0 Å². The summed E-state index contributed by atoms with van der Waals surface area (Å²) in [5.41, 5.74) is 1.74. The molecule has 2 atom stereocenters. The van der Waals surface area contributed by atoms with E-state index in [0.29, 0.717) is 38.3 Å². The third-order valence-electron chi connectivity index (χ3n) is 7.37. The van der Waals surface area contributed by atoms with Gasteiger partial charge in [-0.2, -0.15) is 0 Å². The van der Waals surface area contributed by atoms with Gasteiger partial charge in [-0.05, 0) is 55.8 Å². The van der Waals surface area contributed by atoms with E-state index in [0.717, 1.165) is 38.0 Å². The molecule has 32 heavy (non-hydrogen) atoms. The normalized spacial score (nSPS) is 25.1. The fourth-order valence-electron chi connectivity index (χ4n) is 5.32. The Morgan fingerprint density at radius 1 is 0.906 bits per heavy atom. The number of hydrogen-bond acceptors (Lipinski definition) is 4. The van der Waals surface area contributed by atoms with Crippen LogP contribution in [0.5, 0.6) is 0 Å². The lowest BCUT2D eigenvalue weighted by Crippen LogP contribution is -2.56. The van der Waals surface area contributed by atoms with E-state index in [1.165, 1.54) is 5.56 Å². The zero-order chi connectivity index (χ0) is 22.4. The van der Waals surface area contributed by atoms with Crippen LogP contribution in [0.4, 0.5) is 0 Å². The molecule has 2 heterocycles. The Morgan fingerprint density at radius 3 is 2.16 bits per heavy atom. The van der Waals surface area contributed by atoms with Crippen molar-refractivity contribution < 1.29 is 15.0 Å². The highest BCUT2D eigenvalue weighted by Crippen LogP contribution is 2.35. The van der Waals surface area contributed by atoms with Crippen LogP contribution in [-0.2, 0) is 17.8 Å². The van der Waals surface area contributed by atoms with E-state index >= 15 is 0 Å². The molecule has 2 aromatic carbocycles. The van der Waals surface area contributed by atoms with Crippen LogP contribution >= 0.6 is 0 Å². The second kappa shape index (κ2) is 10.6. The molecule has 0 unspecified atom stereocenters. The number of rotatable bonds is 7. The van der Waals surface area contributed by atoms with Crippen molar-refractivity contribution in [3.8, 4) is 0 Å². The first-order valence-electron chi connectivity index (χ1n) is 11.9. The van der Waals surface area contributed by atoms with Crippen LogP contribution < -0.4 is 0 Å². The van der Waals surface area contributed by atoms with Crippen molar-refractivity contribution in [3.05, 3.63) is 71.8 Å². The number of carbonyl (C=O) groups excluding carboxylic acids is 1. The standard InChI is InChI=1S/C27H36N2O3/c30-21-27(18-23-7-3-1-4-8-23)20-29(16-13-25(27)31)26(32)17-22-11-14-28(15-12-22)19-24-9-5-2-6-10-24/h1-10,22,25,30-31H,11-21H2/t25-,27+/m0/s1. The Bertz CT molecular complexity index is 852. The molecule has 2 N–H and O–H groups in total. The lowest BCUT2D eigenvalue weighted by atomic mass is 9.73. The van der Waals surface area contributed by atoms with E-state index in [1.54, 1.807) is 0 Å². The lowest BCUT2D eigenvalue weighted by Gasteiger charge is -2.46. The Balaban J connectivity index is 1.30. The minimum absolute atomic E-state index is 0.120. The zero-order valence-corrected chi connectivity index (χ0v) is 18.9. The highest BCUT2D eigenvalue weighted by molar-refractivity contribution is 5.76. The highest BCUT2D eigenvalue weighted by atomic mass is 16.3. The summed E-state index contributed by atoms with van der Waals surface area (Å²) in [6.45, 7) is 3.91. The van der Waals surface area contributed by atoms with Crippen molar-refractivity contribution in [1.82, 2.24) is 9.80 Å². The Kier molecular flexibility index (Phi) is 7.61. The van der Waals surface area contributed by atoms with Gasteiger partial charge in [0, 0.05) is 31.5 Å². The first kappa shape index (κ1) is 23.0. The number of aliphatic hydroxyl groups excluding tert-OH is 2. The molecular formula is C27H36N2O3. The van der Waals surface area contributed by atoms with E-state index in [1.807, 2.05) is 41.3 Å². The maximum atomic E-state index is 13.2. The maximum Gasteiger partial charge on any atom is 0.222 e. The highest BCUT2D eigenvalue weighted by Gasteiger charge is 2.43. The van der Waals surface area contributed by atoms with Gasteiger partial charge in [0.25, 0.3) is 0 Å². The predicted octanol–water partition coefficient (Wildman–Crippen LogP) is 3.10. The molecule has 1 amide bonds. The van der Waals surface area contributed by atoms with Crippen LogP contribution in [-0.4, -0.2) is 64.8 Å². The summed E-state index contributed by atoms with van der Waals surface area (Å²) < 4.78 is 0. The Hall–Kier alpha value is -2.21. The summed E-state index contributed by atoms with van der Waals surface area (Å²) in [5.74, 6) is 0.586. The van der Waals surface area contributed by atoms with Crippen molar-refractivity contribution in [1.29, 1.82) is 0 Å². The number of aliphatic hydroxyl groups is 2. The summed E-state index contributed by atoms with van der Waals surface area (Å²) in [6.07, 6.45) is 3.16. The molecular weight excluding hydrogens is 400 g/mol. The molecule has 0 radical (unpaired) electrons. The SMILES string of the molecule is O=C(CC1CCN(Cc2ccccc2)CC1)N1CC[C@H](O)[C@](CO)(Cc2ccccc2)C1. The maximum absolute atomic E-state index is 13.2. The van der Waals surface area contributed by atoms with Gasteiger partial charge in [-0.15, -0.1) is 0 Å². The number of likely N-dealkylation sites (tertiary alicyclic amines) is 2. The van der Waals surface area contributed by atoms with Crippen molar-refractivity contribution in [2.24, 2.45) is 11.3 Å². The number of nitrogens with zero attached hydrogens (tertiary/aromatic N) is 2. The smallest absolute Gasteiger partial charge is 0.222 e. The van der Waals surface area contributed by atoms with Gasteiger partial charge in [-0.1, -0.05) is 60.7 Å². The van der Waals surface area contributed by atoms with Crippen molar-refractivity contribution in [2.45, 2.75) is 44.8 Å². The number of carbonyl (C=O) groups is 1. The molecule has 2 fully saturated rings. The predicted molar refractivity (Wildman–Crippen MR) is 126 cm³/mol. The average molecular weight is 437 g/mol. The molecule has 2 aliphatic rings. The zero-order valence-electron chi connectivity index (χ0n) is 18.9. The molecule has 0 aromatic heterocycles. The first-order valence-corrected chi connectivity index (χ1v) is 11.9. The number of hydrogen-bond donors (Lipinski definition) is 2. The van der Waals surface area contributed by atoms with Gasteiger partial charge in [0.1, 0.15) is 0 Å². The Labute approximate surface area is 191 Å². The fourth-order valence-corrected chi connectivity index (χ4v) is 5.32. The minimum Gasteiger partial charge on any atom is -0.396 e. The van der Waals surface area contributed by atoms with E-state index in [9.17, 15) is 15.0 Å². The molecule has 0 bridgehead atoms. The molecule has 2 aromatic rings. The summed E-state index contributed by atoms with van der Waals surface area (Å²) >= 11 is 0. The van der Waals surface area contributed by atoms with Crippen molar-refractivity contribution >= 4 is 5.91 Å². The number of benzene rings is 2. The van der Waals surface area contributed by atoms with E-state index in [2.05, 4.69) is 29.2 Å². The van der Waals surface area contributed by atoms with Crippen LogP contribution in [0.1, 0.15) is 36.8 Å². The molecule has 172 valence electrons. The van der Waals surface area contributed by atoms with Gasteiger partial charge in [-0.25, -0.2) is 0 Å². The van der Waals surface area contributed by atoms with Crippen molar-refractivity contribution in [2.75, 3.05) is 32.8 Å². The van der Waals surface area contributed by atoms with E-state index in [-0.39, 0.29) is 12.5 Å². The second-order valence-electron chi connectivity index (χ2n) is 9.71. The summed E-state index contributed by atoms with van der Waals surface area (Å²) in [7, 11) is 0. The minimum atomic E-state index is -0.686. The third-order valence-corrected chi connectivity index (χ3v) is 7.37. The van der Waals surface area contributed by atoms with Gasteiger partial charge >= 0.3 is 0 Å². The van der Waals surface area contributed by atoms with Crippen LogP contribution in [0.2, 0.25) is 0 Å². The quantitative estimate of drug-likeness (QED) is 0.700. The summed E-state index contributed by atoms with van der Waals surface area (Å²) in [5, 5.41) is 21.0. The fraction of sp³-hybridized carbons (Fsp3) is 0.519. The van der Waals surface area contributed by atoms with Gasteiger partial charge in [0.05, 0.1) is 12.7 Å². The van der Waals surface area contributed by atoms with Gasteiger partial charge < -0.3 is 15.1 Å². The van der Waals surface area contributed by atoms with Crippen LogP contribution in [0.3, 0.4) is 0 Å². The first-order chi connectivity index (χ1) is 15.6. The van der Waals surface area contributed by atoms with Crippen molar-refractivity contribution in [3.63, 3.8) is 0 Å². The largest absolute Gasteiger partial charge is 0.396 e. The lowest BCUT2D eigenvalue weighted by molar-refractivity contribution is -0.143. The second-order valence-corrected chi connectivity index (χ2v) is 9.71. The molecule has 5 nitrogen and oxygen atoms in total. The number of piperidine rings is 2. The molecule has 2 aliphatic heterocycles. The van der Waals surface area contributed by atoms with Crippen LogP contribution in [0.25, 0.3) is 0 Å². The Morgan fingerprint density at radius 2 is 1.53 bits per heavy atom. The summed E-state index contributed by atoms with van der Waals surface area (Å²) in [6, 6.07) is 20.5. The molecule has 0 saturated carbocycles.